The first kappa shape index (κ1) is 16.8. The van der Waals surface area contributed by atoms with Crippen LogP contribution in [-0.2, 0) is 19.1 Å². The van der Waals surface area contributed by atoms with Crippen molar-refractivity contribution in [3.05, 3.63) is 24.3 Å². The molecule has 2 saturated heterocycles. The Bertz CT molecular complexity index is 639. The van der Waals surface area contributed by atoms with Crippen LogP contribution in [0.5, 0.6) is 5.75 Å². The van der Waals surface area contributed by atoms with Gasteiger partial charge in [-0.25, -0.2) is 0 Å². The van der Waals surface area contributed by atoms with Crippen molar-refractivity contribution in [2.75, 3.05) is 19.0 Å². The van der Waals surface area contributed by atoms with Crippen LogP contribution in [0.4, 0.5) is 5.69 Å². The van der Waals surface area contributed by atoms with Gasteiger partial charge in [0.2, 0.25) is 5.91 Å². The van der Waals surface area contributed by atoms with Gasteiger partial charge >= 0.3 is 5.97 Å². The van der Waals surface area contributed by atoms with Gasteiger partial charge in [0.25, 0.3) is 0 Å². The lowest BCUT2D eigenvalue weighted by Crippen LogP contribution is -2.52. The van der Waals surface area contributed by atoms with Crippen LogP contribution in [0.3, 0.4) is 0 Å². The largest absolute Gasteiger partial charge is 0.497 e. The summed E-state index contributed by atoms with van der Waals surface area (Å²) in [6.07, 6.45) is 1.17. The smallest absolute Gasteiger partial charge is 0.307 e. The zero-order valence-corrected chi connectivity index (χ0v) is 14.3. The molecule has 24 heavy (non-hydrogen) atoms. The van der Waals surface area contributed by atoms with Crippen molar-refractivity contribution < 1.29 is 23.8 Å². The van der Waals surface area contributed by atoms with Crippen molar-refractivity contribution in [1.82, 2.24) is 0 Å². The zero-order valence-electron chi connectivity index (χ0n) is 14.3. The van der Waals surface area contributed by atoms with E-state index in [0.717, 1.165) is 5.75 Å². The number of methoxy groups -OCH3 is 1. The van der Waals surface area contributed by atoms with Crippen molar-refractivity contribution in [2.45, 2.75) is 44.3 Å². The molecule has 0 saturated carbocycles. The second-order valence-electron chi connectivity index (χ2n) is 7.05. The Balaban J connectivity index is 1.77. The highest BCUT2D eigenvalue weighted by Gasteiger charge is 2.56. The Labute approximate surface area is 141 Å². The summed E-state index contributed by atoms with van der Waals surface area (Å²) in [6, 6.07) is 7.10. The van der Waals surface area contributed by atoms with Gasteiger partial charge in [-0.15, -0.1) is 0 Å². The minimum atomic E-state index is -0.768. The maximum Gasteiger partial charge on any atom is 0.307 e. The number of nitrogens with one attached hydrogen (secondary N) is 1. The topological polar surface area (TPSA) is 73.9 Å². The molecule has 0 unspecified atom stereocenters. The summed E-state index contributed by atoms with van der Waals surface area (Å²) in [4.78, 5) is 24.7. The van der Waals surface area contributed by atoms with Gasteiger partial charge in [-0.1, -0.05) is 0 Å². The van der Waals surface area contributed by atoms with Crippen molar-refractivity contribution in [3.8, 4) is 5.75 Å². The summed E-state index contributed by atoms with van der Waals surface area (Å²) in [5.41, 5.74) is -0.515. The molecule has 0 aromatic heterocycles. The van der Waals surface area contributed by atoms with Gasteiger partial charge in [0, 0.05) is 18.5 Å². The molecule has 1 aromatic carbocycles. The van der Waals surface area contributed by atoms with E-state index in [1.54, 1.807) is 31.4 Å². The first-order valence-corrected chi connectivity index (χ1v) is 8.14. The number of esters is 1. The number of carbonyl (C=O) groups is 2. The van der Waals surface area contributed by atoms with E-state index in [2.05, 4.69) is 5.32 Å². The van der Waals surface area contributed by atoms with Gasteiger partial charge in [-0.05, 0) is 38.1 Å². The number of hydrogen-bond donors (Lipinski definition) is 1. The first-order chi connectivity index (χ1) is 11.3. The number of ether oxygens (including phenoxy) is 3. The van der Waals surface area contributed by atoms with E-state index in [0.29, 0.717) is 25.1 Å². The lowest BCUT2D eigenvalue weighted by atomic mass is 9.75. The second-order valence-corrected chi connectivity index (χ2v) is 7.05. The molecular weight excluding hydrogens is 310 g/mol. The number of benzene rings is 1. The normalized spacial score (nSPS) is 28.5. The molecule has 130 valence electrons. The number of carbonyl (C=O) groups excluding carboxylic acids is 2. The molecule has 0 bridgehead atoms. The van der Waals surface area contributed by atoms with E-state index in [1.165, 1.54) is 0 Å². The predicted octanol–water partition coefficient (Wildman–Crippen LogP) is 2.52. The van der Waals surface area contributed by atoms with Gasteiger partial charge in [-0.3, -0.25) is 9.59 Å². The van der Waals surface area contributed by atoms with Gasteiger partial charge in [0.1, 0.15) is 11.4 Å². The van der Waals surface area contributed by atoms with Crippen LogP contribution in [-0.4, -0.2) is 36.8 Å². The van der Waals surface area contributed by atoms with E-state index in [1.807, 2.05) is 13.8 Å². The third-order valence-corrected chi connectivity index (χ3v) is 4.74. The van der Waals surface area contributed by atoms with Gasteiger partial charge in [-0.2, -0.15) is 0 Å². The van der Waals surface area contributed by atoms with Gasteiger partial charge in [0.05, 0.1) is 31.7 Å². The number of anilines is 1. The molecule has 2 aliphatic heterocycles. The van der Waals surface area contributed by atoms with Crippen LogP contribution < -0.4 is 10.1 Å². The fourth-order valence-corrected chi connectivity index (χ4v) is 3.67. The Kier molecular flexibility index (Phi) is 4.25. The second kappa shape index (κ2) is 6.09. The molecule has 2 heterocycles. The van der Waals surface area contributed by atoms with Crippen molar-refractivity contribution in [2.24, 2.45) is 5.92 Å². The maximum atomic E-state index is 12.8. The SMILES string of the molecule is COc1ccc(NC(=O)[C@@H]2CC(=O)O[C@]23CCOC(C)(C)C3)cc1. The fraction of sp³-hybridized carbons (Fsp3) is 0.556. The van der Waals surface area contributed by atoms with Crippen LogP contribution in [0.25, 0.3) is 0 Å². The minimum absolute atomic E-state index is 0.109. The Morgan fingerprint density at radius 3 is 2.62 bits per heavy atom. The highest BCUT2D eigenvalue weighted by Crippen LogP contribution is 2.46. The van der Waals surface area contributed by atoms with Crippen LogP contribution in [0.2, 0.25) is 0 Å². The lowest BCUT2D eigenvalue weighted by Gasteiger charge is -2.43. The van der Waals surface area contributed by atoms with E-state index in [9.17, 15) is 9.59 Å². The third-order valence-electron chi connectivity index (χ3n) is 4.74. The number of rotatable bonds is 3. The van der Waals surface area contributed by atoms with Crippen molar-refractivity contribution in [3.63, 3.8) is 0 Å². The summed E-state index contributed by atoms with van der Waals surface area (Å²) in [6.45, 7) is 4.39. The summed E-state index contributed by atoms with van der Waals surface area (Å²) >= 11 is 0. The van der Waals surface area contributed by atoms with E-state index < -0.39 is 17.1 Å². The molecule has 6 heteroatoms. The van der Waals surface area contributed by atoms with E-state index >= 15 is 0 Å². The van der Waals surface area contributed by atoms with Gasteiger partial charge < -0.3 is 19.5 Å². The first-order valence-electron chi connectivity index (χ1n) is 8.14. The van der Waals surface area contributed by atoms with Crippen LogP contribution >= 0.6 is 0 Å². The molecule has 1 spiro atoms. The molecule has 0 radical (unpaired) electrons. The number of hydrogen-bond acceptors (Lipinski definition) is 5. The van der Waals surface area contributed by atoms with Gasteiger partial charge in [0.15, 0.2) is 0 Å². The molecule has 1 N–H and O–H groups in total. The summed E-state index contributed by atoms with van der Waals surface area (Å²) in [7, 11) is 1.59. The fourth-order valence-electron chi connectivity index (χ4n) is 3.67. The average molecular weight is 333 g/mol. The standard InChI is InChI=1S/C18H23NO5/c1-17(2)11-18(8-9-23-17)14(10-15(20)24-18)16(21)19-12-4-6-13(22-3)7-5-12/h4-7,14H,8-11H2,1-3H3,(H,19,21)/t14-,18-/m0/s1. The highest BCUT2D eigenvalue weighted by molar-refractivity contribution is 5.97. The van der Waals surface area contributed by atoms with Crippen LogP contribution in [0.1, 0.15) is 33.1 Å². The summed E-state index contributed by atoms with van der Waals surface area (Å²) < 4.78 is 16.5. The monoisotopic (exact) mass is 333 g/mol. The molecule has 1 amide bonds. The highest BCUT2D eigenvalue weighted by atomic mass is 16.6. The maximum absolute atomic E-state index is 12.8. The predicted molar refractivity (Wildman–Crippen MR) is 87.8 cm³/mol. The Hall–Kier alpha value is -2.08. The molecule has 2 atom stereocenters. The molecule has 1 aromatic rings. The quantitative estimate of drug-likeness (QED) is 0.861. The molecule has 2 fully saturated rings. The van der Waals surface area contributed by atoms with E-state index in [-0.39, 0.29) is 18.3 Å². The van der Waals surface area contributed by atoms with Crippen molar-refractivity contribution in [1.29, 1.82) is 0 Å². The van der Waals surface area contributed by atoms with Crippen LogP contribution in [0, 0.1) is 5.92 Å². The molecule has 3 rings (SSSR count). The van der Waals surface area contributed by atoms with E-state index in [4.69, 9.17) is 14.2 Å². The molecule has 2 aliphatic rings. The Morgan fingerprint density at radius 2 is 2.00 bits per heavy atom. The third kappa shape index (κ3) is 3.24. The molecule has 0 aliphatic carbocycles. The summed E-state index contributed by atoms with van der Waals surface area (Å²) in [5.74, 6) is -0.295. The number of amides is 1. The molecule has 6 nitrogen and oxygen atoms in total. The minimum Gasteiger partial charge on any atom is -0.497 e. The summed E-state index contributed by atoms with van der Waals surface area (Å²) in [5, 5.41) is 2.89. The van der Waals surface area contributed by atoms with Crippen molar-refractivity contribution >= 4 is 17.6 Å². The Morgan fingerprint density at radius 1 is 1.29 bits per heavy atom. The zero-order chi connectivity index (χ0) is 17.4. The average Bonchev–Trinajstić information content (AvgIpc) is 2.82. The molecular formula is C18H23NO5. The van der Waals surface area contributed by atoms with Crippen LogP contribution in [0.15, 0.2) is 24.3 Å². The lowest BCUT2D eigenvalue weighted by molar-refractivity contribution is -0.178.